The van der Waals surface area contributed by atoms with E-state index in [4.69, 9.17) is 5.73 Å². The van der Waals surface area contributed by atoms with Crippen LogP contribution in [0.5, 0.6) is 0 Å². The van der Waals surface area contributed by atoms with Crippen molar-refractivity contribution in [1.29, 1.82) is 0 Å². The molecular formula is C11H11FN2S. The Morgan fingerprint density at radius 2 is 2.20 bits per heavy atom. The molecule has 1 aromatic carbocycles. The van der Waals surface area contributed by atoms with Crippen LogP contribution in [0.2, 0.25) is 0 Å². The number of hydrogen-bond acceptors (Lipinski definition) is 3. The van der Waals surface area contributed by atoms with Crippen molar-refractivity contribution in [2.75, 3.05) is 11.1 Å². The molecule has 0 saturated heterocycles. The van der Waals surface area contributed by atoms with Crippen LogP contribution >= 0.6 is 11.3 Å². The minimum atomic E-state index is -0.281. The average Bonchev–Trinajstić information content (AvgIpc) is 2.72. The fourth-order valence-corrected chi connectivity index (χ4v) is 1.94. The van der Waals surface area contributed by atoms with E-state index >= 15 is 0 Å². The van der Waals surface area contributed by atoms with Gasteiger partial charge in [-0.15, -0.1) is 0 Å². The number of thiophene rings is 1. The summed E-state index contributed by atoms with van der Waals surface area (Å²) in [7, 11) is 0. The number of nitrogens with one attached hydrogen (secondary N) is 1. The predicted octanol–water partition coefficient (Wildman–Crippen LogP) is 3.08. The average molecular weight is 222 g/mol. The monoisotopic (exact) mass is 222 g/mol. The maximum atomic E-state index is 12.9. The van der Waals surface area contributed by atoms with Crippen LogP contribution in [0.1, 0.15) is 5.56 Å². The number of halogens is 1. The van der Waals surface area contributed by atoms with Crippen molar-refractivity contribution in [3.8, 4) is 0 Å². The molecule has 0 unspecified atom stereocenters. The summed E-state index contributed by atoms with van der Waals surface area (Å²) in [5.74, 6) is -0.281. The Bertz CT molecular complexity index is 440. The lowest BCUT2D eigenvalue weighted by Gasteiger charge is -2.08. The molecule has 0 atom stereocenters. The highest BCUT2D eigenvalue weighted by atomic mass is 32.1. The van der Waals surface area contributed by atoms with Gasteiger partial charge in [-0.05, 0) is 40.6 Å². The third-order valence-corrected chi connectivity index (χ3v) is 2.81. The summed E-state index contributed by atoms with van der Waals surface area (Å²) in [6.07, 6.45) is 0. The number of benzene rings is 1. The fraction of sp³-hybridized carbons (Fsp3) is 0.0909. The predicted molar refractivity (Wildman–Crippen MR) is 62.5 cm³/mol. The van der Waals surface area contributed by atoms with Crippen LogP contribution in [0.15, 0.2) is 35.0 Å². The molecule has 1 aromatic heterocycles. The first-order chi connectivity index (χ1) is 7.25. The molecule has 0 aliphatic rings. The van der Waals surface area contributed by atoms with Gasteiger partial charge < -0.3 is 11.1 Å². The summed E-state index contributed by atoms with van der Waals surface area (Å²) in [6.45, 7) is 0.664. The summed E-state index contributed by atoms with van der Waals surface area (Å²) >= 11 is 1.64. The Balaban J connectivity index is 2.07. The van der Waals surface area contributed by atoms with Crippen LogP contribution in [0.4, 0.5) is 15.8 Å². The molecule has 1 heterocycles. The van der Waals surface area contributed by atoms with Crippen molar-refractivity contribution in [3.63, 3.8) is 0 Å². The van der Waals surface area contributed by atoms with E-state index < -0.39 is 0 Å². The van der Waals surface area contributed by atoms with Crippen LogP contribution in [0, 0.1) is 5.82 Å². The lowest BCUT2D eigenvalue weighted by atomic mass is 10.2. The second-order valence-electron chi connectivity index (χ2n) is 3.22. The molecule has 2 rings (SSSR count). The summed E-state index contributed by atoms with van der Waals surface area (Å²) in [4.78, 5) is 0. The molecule has 0 bridgehead atoms. The maximum absolute atomic E-state index is 12.9. The van der Waals surface area contributed by atoms with Crippen LogP contribution in [-0.4, -0.2) is 0 Å². The normalized spacial score (nSPS) is 10.2. The minimum Gasteiger partial charge on any atom is -0.397 e. The molecule has 0 amide bonds. The van der Waals surface area contributed by atoms with Gasteiger partial charge in [-0.25, -0.2) is 4.39 Å². The highest BCUT2D eigenvalue weighted by molar-refractivity contribution is 7.07. The summed E-state index contributed by atoms with van der Waals surface area (Å²) in [5.41, 5.74) is 8.07. The topological polar surface area (TPSA) is 38.0 Å². The Labute approximate surface area is 91.5 Å². The van der Waals surface area contributed by atoms with Crippen LogP contribution in [0.3, 0.4) is 0 Å². The first-order valence-electron chi connectivity index (χ1n) is 4.55. The van der Waals surface area contributed by atoms with Gasteiger partial charge in [-0.1, -0.05) is 0 Å². The molecule has 0 fully saturated rings. The highest BCUT2D eigenvalue weighted by Gasteiger charge is 2.00. The molecule has 0 aliphatic heterocycles. The van der Waals surface area contributed by atoms with Crippen LogP contribution in [-0.2, 0) is 6.54 Å². The van der Waals surface area contributed by atoms with E-state index in [-0.39, 0.29) is 5.82 Å². The lowest BCUT2D eigenvalue weighted by molar-refractivity contribution is 0.628. The zero-order valence-electron chi connectivity index (χ0n) is 8.03. The van der Waals surface area contributed by atoms with E-state index in [0.717, 1.165) is 0 Å². The largest absolute Gasteiger partial charge is 0.397 e. The molecule has 15 heavy (non-hydrogen) atoms. The quantitative estimate of drug-likeness (QED) is 0.783. The van der Waals surface area contributed by atoms with E-state index in [2.05, 4.69) is 5.32 Å². The number of hydrogen-bond donors (Lipinski definition) is 2. The fourth-order valence-electron chi connectivity index (χ4n) is 1.27. The van der Waals surface area contributed by atoms with Gasteiger partial charge in [0.15, 0.2) is 0 Å². The summed E-state index contributed by atoms with van der Waals surface area (Å²) in [6, 6.07) is 6.34. The van der Waals surface area contributed by atoms with Crippen molar-refractivity contribution in [1.82, 2.24) is 0 Å². The van der Waals surface area contributed by atoms with Crippen LogP contribution in [0.25, 0.3) is 0 Å². The van der Waals surface area contributed by atoms with Gasteiger partial charge in [0.2, 0.25) is 0 Å². The van der Waals surface area contributed by atoms with Gasteiger partial charge in [0.05, 0.1) is 11.4 Å². The van der Waals surface area contributed by atoms with Gasteiger partial charge in [0, 0.05) is 6.54 Å². The minimum absolute atomic E-state index is 0.281. The summed E-state index contributed by atoms with van der Waals surface area (Å²) < 4.78 is 12.9. The molecule has 78 valence electrons. The molecule has 4 heteroatoms. The van der Waals surface area contributed by atoms with Crippen LogP contribution < -0.4 is 11.1 Å². The van der Waals surface area contributed by atoms with Gasteiger partial charge in [0.25, 0.3) is 0 Å². The van der Waals surface area contributed by atoms with E-state index in [0.29, 0.717) is 17.9 Å². The standard InChI is InChI=1S/C11H11FN2S/c12-9-1-2-10(13)11(5-9)14-6-8-3-4-15-7-8/h1-5,7,14H,6,13H2. The molecule has 3 N–H and O–H groups in total. The zero-order chi connectivity index (χ0) is 10.7. The molecule has 2 nitrogen and oxygen atoms in total. The van der Waals surface area contributed by atoms with E-state index in [1.165, 1.54) is 17.7 Å². The molecule has 0 aliphatic carbocycles. The third kappa shape index (κ3) is 2.47. The Hall–Kier alpha value is -1.55. The van der Waals surface area contributed by atoms with E-state index in [1.54, 1.807) is 17.4 Å². The summed E-state index contributed by atoms with van der Waals surface area (Å²) in [5, 5.41) is 7.15. The first-order valence-corrected chi connectivity index (χ1v) is 5.50. The van der Waals surface area contributed by atoms with Gasteiger partial charge in [-0.3, -0.25) is 0 Å². The second kappa shape index (κ2) is 4.31. The molecule has 0 spiro atoms. The van der Waals surface area contributed by atoms with Crippen molar-refractivity contribution in [2.24, 2.45) is 0 Å². The molecular weight excluding hydrogens is 211 g/mol. The SMILES string of the molecule is Nc1ccc(F)cc1NCc1ccsc1. The Morgan fingerprint density at radius 3 is 2.93 bits per heavy atom. The van der Waals surface area contributed by atoms with Crippen molar-refractivity contribution in [2.45, 2.75) is 6.54 Å². The Morgan fingerprint density at radius 1 is 1.33 bits per heavy atom. The zero-order valence-corrected chi connectivity index (χ0v) is 8.85. The van der Waals surface area contributed by atoms with Gasteiger partial charge in [-0.2, -0.15) is 11.3 Å². The number of nitrogen functional groups attached to an aromatic ring is 1. The molecule has 0 radical (unpaired) electrons. The highest BCUT2D eigenvalue weighted by Crippen LogP contribution is 2.20. The first kappa shape index (κ1) is 9.98. The number of rotatable bonds is 3. The van der Waals surface area contributed by atoms with Crippen molar-refractivity contribution >= 4 is 22.7 Å². The second-order valence-corrected chi connectivity index (χ2v) is 4.00. The van der Waals surface area contributed by atoms with Crippen molar-refractivity contribution in [3.05, 3.63) is 46.4 Å². The third-order valence-electron chi connectivity index (χ3n) is 2.08. The molecule has 0 saturated carbocycles. The lowest BCUT2D eigenvalue weighted by Crippen LogP contribution is -2.01. The van der Waals surface area contributed by atoms with Gasteiger partial charge in [0.1, 0.15) is 5.82 Å². The number of nitrogens with two attached hydrogens (primary N) is 1. The maximum Gasteiger partial charge on any atom is 0.125 e. The van der Waals surface area contributed by atoms with Crippen molar-refractivity contribution < 1.29 is 4.39 Å². The number of anilines is 2. The van der Waals surface area contributed by atoms with E-state index in [1.807, 2.05) is 16.8 Å². The van der Waals surface area contributed by atoms with Gasteiger partial charge >= 0.3 is 0 Å². The Kier molecular flexibility index (Phi) is 2.87. The van der Waals surface area contributed by atoms with E-state index in [9.17, 15) is 4.39 Å². The smallest absolute Gasteiger partial charge is 0.125 e. The molecule has 2 aromatic rings.